The van der Waals surface area contributed by atoms with Gasteiger partial charge in [-0.25, -0.2) is 4.79 Å². The molecule has 1 amide bonds. The maximum atomic E-state index is 12.8. The average molecular weight is 373 g/mol. The molecule has 0 atom stereocenters. The summed E-state index contributed by atoms with van der Waals surface area (Å²) in [5.74, 6) is -1.75. The molecule has 4 rings (SSSR count). The first-order chi connectivity index (χ1) is 12.9. The fraction of sp³-hybridized carbons (Fsp3) is 0.235. The van der Waals surface area contributed by atoms with Crippen LogP contribution < -0.4 is 19.9 Å². The number of pyridine rings is 1. The first-order valence-electron chi connectivity index (χ1n) is 7.98. The lowest BCUT2D eigenvalue weighted by atomic mass is 10.1. The Kier molecular flexibility index (Phi) is 3.69. The molecule has 0 saturated heterocycles. The standard InChI is InChI=1S/C17H15N3O7/c1-18-7-19(5-9-2-3-11-12(4-9)27-8-26-11)16(23)13-15(22)14(21)10(17(24)25)6-20(13)18/h2-4,6,22H,5,7-8H2,1H3,(H,24,25). The zero-order valence-electron chi connectivity index (χ0n) is 14.2. The minimum atomic E-state index is -1.48. The predicted octanol–water partition coefficient (Wildman–Crippen LogP) is 0.162. The van der Waals surface area contributed by atoms with Crippen LogP contribution in [0, 0.1) is 0 Å². The van der Waals surface area contributed by atoms with Gasteiger partial charge in [-0.3, -0.25) is 19.3 Å². The smallest absolute Gasteiger partial charge is 0.341 e. The Hall–Kier alpha value is -3.69. The molecule has 3 heterocycles. The van der Waals surface area contributed by atoms with E-state index in [1.54, 1.807) is 25.2 Å². The van der Waals surface area contributed by atoms with Crippen LogP contribution in [0.3, 0.4) is 0 Å². The first-order valence-corrected chi connectivity index (χ1v) is 7.98. The summed E-state index contributed by atoms with van der Waals surface area (Å²) < 4.78 is 11.8. The van der Waals surface area contributed by atoms with Crippen LogP contribution >= 0.6 is 0 Å². The van der Waals surface area contributed by atoms with Gasteiger partial charge in [0.2, 0.25) is 12.2 Å². The van der Waals surface area contributed by atoms with E-state index in [0.717, 1.165) is 11.8 Å². The minimum absolute atomic E-state index is 0.127. The fourth-order valence-electron chi connectivity index (χ4n) is 3.12. The van der Waals surface area contributed by atoms with Crippen LogP contribution in [0.4, 0.5) is 0 Å². The molecule has 2 aliphatic heterocycles. The van der Waals surface area contributed by atoms with Crippen molar-refractivity contribution in [2.24, 2.45) is 0 Å². The normalized spacial score (nSPS) is 15.1. The molecule has 2 N–H and O–H groups in total. The summed E-state index contributed by atoms with van der Waals surface area (Å²) in [6, 6.07) is 5.28. The lowest BCUT2D eigenvalue weighted by Crippen LogP contribution is -2.52. The quantitative estimate of drug-likeness (QED) is 0.780. The maximum absolute atomic E-state index is 12.8. The van der Waals surface area contributed by atoms with Gasteiger partial charge in [-0.15, -0.1) is 0 Å². The molecule has 2 aliphatic rings. The molecule has 0 fully saturated rings. The highest BCUT2D eigenvalue weighted by molar-refractivity contribution is 5.97. The Balaban J connectivity index is 1.70. The predicted molar refractivity (Wildman–Crippen MR) is 90.8 cm³/mol. The van der Waals surface area contributed by atoms with E-state index in [4.69, 9.17) is 14.6 Å². The molecule has 1 aromatic carbocycles. The molecule has 2 aromatic rings. The summed E-state index contributed by atoms with van der Waals surface area (Å²) in [5.41, 5.74) is -1.21. The SMILES string of the molecule is CN1CN(Cc2ccc3c(c2)OCO3)C(=O)c2c(O)c(=O)c(C(=O)O)cn21. The van der Waals surface area contributed by atoms with Gasteiger partial charge in [0.15, 0.2) is 22.9 Å². The third kappa shape index (κ3) is 2.62. The number of amides is 1. The van der Waals surface area contributed by atoms with Crippen molar-refractivity contribution in [2.45, 2.75) is 6.54 Å². The molecule has 140 valence electrons. The highest BCUT2D eigenvalue weighted by Gasteiger charge is 2.33. The second-order valence-electron chi connectivity index (χ2n) is 6.21. The van der Waals surface area contributed by atoms with Gasteiger partial charge < -0.3 is 24.6 Å². The van der Waals surface area contributed by atoms with Crippen LogP contribution in [0.1, 0.15) is 26.4 Å². The third-order valence-corrected chi connectivity index (χ3v) is 4.44. The second kappa shape index (κ2) is 5.94. The fourth-order valence-corrected chi connectivity index (χ4v) is 3.12. The number of carbonyl (C=O) groups excluding carboxylic acids is 1. The van der Waals surface area contributed by atoms with Gasteiger partial charge in [0.25, 0.3) is 5.91 Å². The van der Waals surface area contributed by atoms with Crippen LogP contribution in [-0.4, -0.2) is 52.2 Å². The summed E-state index contributed by atoms with van der Waals surface area (Å²) in [6.07, 6.45) is 1.04. The van der Waals surface area contributed by atoms with Crippen molar-refractivity contribution in [3.05, 3.63) is 51.4 Å². The zero-order valence-corrected chi connectivity index (χ0v) is 14.2. The second-order valence-corrected chi connectivity index (χ2v) is 6.21. The molecule has 0 saturated carbocycles. The number of nitrogens with zero attached hydrogens (tertiary/aromatic N) is 3. The van der Waals surface area contributed by atoms with Crippen molar-refractivity contribution in [1.29, 1.82) is 0 Å². The number of aromatic carboxylic acids is 1. The number of carbonyl (C=O) groups is 2. The number of carboxylic acid groups (broad SMARTS) is 1. The number of hydrogen-bond donors (Lipinski definition) is 2. The number of hydrogen-bond acceptors (Lipinski definition) is 7. The summed E-state index contributed by atoms with van der Waals surface area (Å²) in [4.78, 5) is 37.5. The number of aromatic hydroxyl groups is 1. The van der Waals surface area contributed by atoms with E-state index in [0.29, 0.717) is 11.5 Å². The molecule has 10 heteroatoms. The molecule has 0 bridgehead atoms. The van der Waals surface area contributed by atoms with E-state index in [1.807, 2.05) is 0 Å². The van der Waals surface area contributed by atoms with Crippen molar-refractivity contribution in [2.75, 3.05) is 25.5 Å². The van der Waals surface area contributed by atoms with E-state index in [9.17, 15) is 19.5 Å². The number of aromatic nitrogens is 1. The van der Waals surface area contributed by atoms with E-state index in [2.05, 4.69) is 0 Å². The maximum Gasteiger partial charge on any atom is 0.341 e. The van der Waals surface area contributed by atoms with Crippen molar-refractivity contribution in [1.82, 2.24) is 9.58 Å². The Morgan fingerprint density at radius 3 is 2.70 bits per heavy atom. The summed E-state index contributed by atoms with van der Waals surface area (Å²) in [7, 11) is 1.61. The molecule has 27 heavy (non-hydrogen) atoms. The molecule has 10 nitrogen and oxygen atoms in total. The lowest BCUT2D eigenvalue weighted by Gasteiger charge is -2.37. The average Bonchev–Trinajstić information content (AvgIpc) is 3.09. The van der Waals surface area contributed by atoms with Crippen molar-refractivity contribution < 1.29 is 29.3 Å². The number of ether oxygens (including phenoxy) is 2. The number of benzene rings is 1. The summed E-state index contributed by atoms with van der Waals surface area (Å²) >= 11 is 0. The van der Waals surface area contributed by atoms with E-state index < -0.39 is 28.6 Å². The van der Waals surface area contributed by atoms with Crippen LogP contribution in [0.5, 0.6) is 17.2 Å². The molecule has 0 aliphatic carbocycles. The van der Waals surface area contributed by atoms with Gasteiger partial charge >= 0.3 is 5.97 Å². The van der Waals surface area contributed by atoms with Crippen LogP contribution in [0.25, 0.3) is 0 Å². The molecule has 1 aromatic heterocycles. The van der Waals surface area contributed by atoms with Crippen molar-refractivity contribution >= 4 is 11.9 Å². The van der Waals surface area contributed by atoms with Crippen molar-refractivity contribution in [3.8, 4) is 17.2 Å². The molecule has 0 unspecified atom stereocenters. The lowest BCUT2D eigenvalue weighted by molar-refractivity contribution is 0.0661. The molecular weight excluding hydrogens is 358 g/mol. The topological polar surface area (TPSA) is 122 Å². The van der Waals surface area contributed by atoms with E-state index in [-0.39, 0.29) is 25.7 Å². The molecular formula is C17H15N3O7. The van der Waals surface area contributed by atoms with Gasteiger partial charge in [-0.2, -0.15) is 0 Å². The Morgan fingerprint density at radius 1 is 1.22 bits per heavy atom. The minimum Gasteiger partial charge on any atom is -0.502 e. The van der Waals surface area contributed by atoms with Crippen LogP contribution in [0.2, 0.25) is 0 Å². The number of rotatable bonds is 3. The highest BCUT2D eigenvalue weighted by atomic mass is 16.7. The van der Waals surface area contributed by atoms with E-state index in [1.165, 1.54) is 14.6 Å². The summed E-state index contributed by atoms with van der Waals surface area (Å²) in [5, 5.41) is 20.8. The van der Waals surface area contributed by atoms with Gasteiger partial charge in [0, 0.05) is 19.8 Å². The van der Waals surface area contributed by atoms with Crippen molar-refractivity contribution in [3.63, 3.8) is 0 Å². The molecule has 0 spiro atoms. The Labute approximate surface area is 152 Å². The van der Waals surface area contributed by atoms with Crippen LogP contribution in [0.15, 0.2) is 29.2 Å². The largest absolute Gasteiger partial charge is 0.502 e. The number of fused-ring (bicyclic) bond motifs is 2. The van der Waals surface area contributed by atoms with Gasteiger partial charge in [0.1, 0.15) is 12.2 Å². The molecule has 0 radical (unpaired) electrons. The highest BCUT2D eigenvalue weighted by Crippen LogP contribution is 2.33. The van der Waals surface area contributed by atoms with E-state index >= 15 is 0 Å². The monoisotopic (exact) mass is 373 g/mol. The Bertz CT molecular complexity index is 1030. The zero-order chi connectivity index (χ0) is 19.3. The number of carboxylic acids is 1. The first kappa shape index (κ1) is 16.8. The summed E-state index contributed by atoms with van der Waals surface area (Å²) in [6.45, 7) is 0.468. The Morgan fingerprint density at radius 2 is 1.96 bits per heavy atom. The van der Waals surface area contributed by atoms with Gasteiger partial charge in [-0.05, 0) is 17.7 Å². The van der Waals surface area contributed by atoms with Gasteiger partial charge in [-0.1, -0.05) is 6.07 Å². The van der Waals surface area contributed by atoms with Crippen LogP contribution in [-0.2, 0) is 6.54 Å². The van der Waals surface area contributed by atoms with Gasteiger partial charge in [0.05, 0.1) is 0 Å². The third-order valence-electron chi connectivity index (χ3n) is 4.44.